The minimum absolute atomic E-state index is 0.226. The second-order valence-corrected chi connectivity index (χ2v) is 8.43. The highest BCUT2D eigenvalue weighted by Gasteiger charge is 2.27. The third-order valence-electron chi connectivity index (χ3n) is 5.78. The Kier molecular flexibility index (Phi) is 7.72. The van der Waals surface area contributed by atoms with Crippen LogP contribution >= 0.6 is 0 Å². The van der Waals surface area contributed by atoms with E-state index in [2.05, 4.69) is 20.3 Å². The van der Waals surface area contributed by atoms with E-state index in [1.54, 1.807) is 29.2 Å². The number of amides is 2. The van der Waals surface area contributed by atoms with Crippen molar-refractivity contribution in [3.8, 4) is 5.82 Å². The number of hydrogen-bond donors (Lipinski definition) is 3. The summed E-state index contributed by atoms with van der Waals surface area (Å²) in [6.45, 7) is 0.565. The van der Waals surface area contributed by atoms with Crippen LogP contribution in [0.2, 0.25) is 0 Å². The van der Waals surface area contributed by atoms with Crippen LogP contribution in [0.4, 0.5) is 5.69 Å². The smallest absolute Gasteiger partial charge is 0.255 e. The molecule has 0 aliphatic heterocycles. The van der Waals surface area contributed by atoms with Crippen LogP contribution in [0.25, 0.3) is 5.82 Å². The van der Waals surface area contributed by atoms with Crippen molar-refractivity contribution >= 4 is 17.5 Å². The van der Waals surface area contributed by atoms with Gasteiger partial charge in [-0.1, -0.05) is 48.5 Å². The Labute approximate surface area is 209 Å². The molecule has 2 aromatic carbocycles. The first-order chi connectivity index (χ1) is 17.4. The number of benzene rings is 2. The average molecular weight is 485 g/mol. The minimum Gasteiger partial charge on any atom is -0.381 e. The SMILES string of the molecule is CN(Cc1ccn(-c2ncccc2C(=O)NC(Cc2ccccc2)C(O)C(N)=O)n1)c1ccccc1. The lowest BCUT2D eigenvalue weighted by Gasteiger charge is -2.22. The Hall–Kier alpha value is -4.50. The van der Waals surface area contributed by atoms with Crippen LogP contribution in [0.1, 0.15) is 21.6 Å². The molecule has 0 saturated carbocycles. The third-order valence-corrected chi connectivity index (χ3v) is 5.78. The Bertz CT molecular complexity index is 1310. The standard InChI is InChI=1S/C27H28N6O3/c1-32(21-11-6-3-7-12-21)18-20-14-16-33(31-20)26-22(13-8-15-29-26)27(36)30-23(24(34)25(28)35)17-19-9-4-2-5-10-19/h2-16,23-24,34H,17-18H2,1H3,(H2,28,35)(H,30,36). The molecule has 4 aromatic rings. The highest BCUT2D eigenvalue weighted by atomic mass is 16.3. The van der Waals surface area contributed by atoms with E-state index in [0.717, 1.165) is 16.9 Å². The van der Waals surface area contributed by atoms with Crippen molar-refractivity contribution in [2.75, 3.05) is 11.9 Å². The van der Waals surface area contributed by atoms with Gasteiger partial charge in [0.05, 0.1) is 23.8 Å². The maximum absolute atomic E-state index is 13.3. The number of aliphatic hydroxyl groups is 1. The molecule has 9 nitrogen and oxygen atoms in total. The fourth-order valence-electron chi connectivity index (χ4n) is 3.89. The molecule has 9 heteroatoms. The molecular weight excluding hydrogens is 456 g/mol. The van der Waals surface area contributed by atoms with Crippen LogP contribution < -0.4 is 16.0 Å². The van der Waals surface area contributed by atoms with Crippen LogP contribution in [0.15, 0.2) is 91.3 Å². The van der Waals surface area contributed by atoms with Gasteiger partial charge in [-0.2, -0.15) is 5.10 Å². The molecule has 0 bridgehead atoms. The topological polar surface area (TPSA) is 126 Å². The summed E-state index contributed by atoms with van der Waals surface area (Å²) in [4.78, 5) is 31.4. The molecule has 0 spiro atoms. The summed E-state index contributed by atoms with van der Waals surface area (Å²) in [5.74, 6) is -1.09. The van der Waals surface area contributed by atoms with Crippen molar-refractivity contribution in [2.45, 2.75) is 25.1 Å². The molecule has 2 amide bonds. The zero-order valence-electron chi connectivity index (χ0n) is 19.9. The lowest BCUT2D eigenvalue weighted by atomic mass is 10.0. The Morgan fingerprint density at radius 2 is 1.72 bits per heavy atom. The predicted octanol–water partition coefficient (Wildman–Crippen LogP) is 2.09. The summed E-state index contributed by atoms with van der Waals surface area (Å²) in [6.07, 6.45) is 1.99. The molecule has 184 valence electrons. The molecule has 4 N–H and O–H groups in total. The lowest BCUT2D eigenvalue weighted by molar-refractivity contribution is -0.127. The number of nitrogens with one attached hydrogen (secondary N) is 1. The zero-order valence-corrected chi connectivity index (χ0v) is 19.9. The summed E-state index contributed by atoms with van der Waals surface area (Å²) in [6, 6.07) is 23.4. The van der Waals surface area contributed by atoms with Gasteiger partial charge >= 0.3 is 0 Å². The van der Waals surface area contributed by atoms with E-state index in [9.17, 15) is 14.7 Å². The largest absolute Gasteiger partial charge is 0.381 e. The van der Waals surface area contributed by atoms with Crippen molar-refractivity contribution < 1.29 is 14.7 Å². The van der Waals surface area contributed by atoms with Gasteiger partial charge in [0.25, 0.3) is 5.91 Å². The van der Waals surface area contributed by atoms with Crippen LogP contribution in [0, 0.1) is 0 Å². The van der Waals surface area contributed by atoms with Gasteiger partial charge in [-0.15, -0.1) is 0 Å². The van der Waals surface area contributed by atoms with Crippen molar-refractivity contribution in [1.29, 1.82) is 0 Å². The number of carbonyl (C=O) groups is 2. The molecule has 2 atom stereocenters. The number of para-hydroxylation sites is 1. The number of aliphatic hydroxyl groups excluding tert-OH is 1. The van der Waals surface area contributed by atoms with Gasteiger partial charge < -0.3 is 21.1 Å². The average Bonchev–Trinajstić information content (AvgIpc) is 3.37. The highest BCUT2D eigenvalue weighted by Crippen LogP contribution is 2.16. The van der Waals surface area contributed by atoms with Crippen LogP contribution in [-0.2, 0) is 17.8 Å². The predicted molar refractivity (Wildman–Crippen MR) is 137 cm³/mol. The van der Waals surface area contributed by atoms with Crippen molar-refractivity contribution in [2.24, 2.45) is 5.73 Å². The van der Waals surface area contributed by atoms with Gasteiger partial charge in [0.15, 0.2) is 11.9 Å². The Morgan fingerprint density at radius 1 is 1.03 bits per heavy atom. The van der Waals surface area contributed by atoms with Crippen molar-refractivity contribution in [1.82, 2.24) is 20.1 Å². The van der Waals surface area contributed by atoms with E-state index < -0.39 is 24.0 Å². The van der Waals surface area contributed by atoms with Gasteiger partial charge in [-0.05, 0) is 42.3 Å². The number of nitrogens with two attached hydrogens (primary N) is 1. The van der Waals surface area contributed by atoms with E-state index in [1.165, 1.54) is 0 Å². The van der Waals surface area contributed by atoms with Crippen LogP contribution in [-0.4, -0.2) is 50.9 Å². The lowest BCUT2D eigenvalue weighted by Crippen LogP contribution is -2.50. The van der Waals surface area contributed by atoms with E-state index in [1.807, 2.05) is 73.8 Å². The molecule has 4 rings (SSSR count). The second kappa shape index (κ2) is 11.3. The third kappa shape index (κ3) is 5.94. The first kappa shape index (κ1) is 24.6. The second-order valence-electron chi connectivity index (χ2n) is 8.43. The van der Waals surface area contributed by atoms with Gasteiger partial charge in [0, 0.05) is 25.1 Å². The van der Waals surface area contributed by atoms with Gasteiger partial charge in [-0.3, -0.25) is 9.59 Å². The normalized spacial score (nSPS) is 12.5. The number of anilines is 1. The van der Waals surface area contributed by atoms with E-state index in [0.29, 0.717) is 12.4 Å². The van der Waals surface area contributed by atoms with Crippen LogP contribution in [0.5, 0.6) is 0 Å². The summed E-state index contributed by atoms with van der Waals surface area (Å²) < 4.78 is 1.54. The highest BCUT2D eigenvalue weighted by molar-refractivity contribution is 5.97. The molecular formula is C27H28N6O3. The molecule has 0 aliphatic rings. The maximum atomic E-state index is 13.3. The van der Waals surface area contributed by atoms with E-state index in [-0.39, 0.29) is 12.0 Å². The van der Waals surface area contributed by atoms with Crippen molar-refractivity contribution in [3.05, 3.63) is 108 Å². The Balaban J connectivity index is 1.54. The number of primary amides is 1. The Morgan fingerprint density at radius 3 is 2.42 bits per heavy atom. The number of nitrogens with zero attached hydrogens (tertiary/aromatic N) is 4. The van der Waals surface area contributed by atoms with Gasteiger partial charge in [0.1, 0.15) is 0 Å². The first-order valence-electron chi connectivity index (χ1n) is 11.5. The van der Waals surface area contributed by atoms with Gasteiger partial charge in [0.2, 0.25) is 5.91 Å². The fraction of sp³-hybridized carbons (Fsp3) is 0.185. The van der Waals surface area contributed by atoms with Crippen LogP contribution in [0.3, 0.4) is 0 Å². The zero-order chi connectivity index (χ0) is 25.5. The number of hydrogen-bond acceptors (Lipinski definition) is 6. The molecule has 2 heterocycles. The van der Waals surface area contributed by atoms with Gasteiger partial charge in [-0.25, -0.2) is 9.67 Å². The van der Waals surface area contributed by atoms with E-state index in [4.69, 9.17) is 5.73 Å². The quantitative estimate of drug-likeness (QED) is 0.316. The monoisotopic (exact) mass is 484 g/mol. The molecule has 2 unspecified atom stereocenters. The number of rotatable bonds is 10. The molecule has 0 radical (unpaired) electrons. The fourth-order valence-corrected chi connectivity index (χ4v) is 3.89. The maximum Gasteiger partial charge on any atom is 0.255 e. The van der Waals surface area contributed by atoms with E-state index >= 15 is 0 Å². The first-order valence-corrected chi connectivity index (χ1v) is 11.5. The molecule has 2 aromatic heterocycles. The molecule has 36 heavy (non-hydrogen) atoms. The van der Waals surface area contributed by atoms with Crippen molar-refractivity contribution in [3.63, 3.8) is 0 Å². The molecule has 0 saturated heterocycles. The number of pyridine rings is 1. The summed E-state index contributed by atoms with van der Waals surface area (Å²) in [7, 11) is 1.98. The number of aromatic nitrogens is 3. The molecule has 0 aliphatic carbocycles. The molecule has 0 fully saturated rings. The summed E-state index contributed by atoms with van der Waals surface area (Å²) in [5.41, 5.74) is 8.28. The summed E-state index contributed by atoms with van der Waals surface area (Å²) >= 11 is 0. The summed E-state index contributed by atoms with van der Waals surface area (Å²) in [5, 5.41) is 17.7. The number of carbonyl (C=O) groups excluding carboxylic acids is 2. The minimum atomic E-state index is -1.56.